The lowest BCUT2D eigenvalue weighted by atomic mass is 10.1. The summed E-state index contributed by atoms with van der Waals surface area (Å²) in [4.78, 5) is 24.2. The Morgan fingerprint density at radius 2 is 1.44 bits per heavy atom. The fourth-order valence-electron chi connectivity index (χ4n) is 2.43. The van der Waals surface area contributed by atoms with Crippen molar-refractivity contribution in [2.75, 3.05) is 5.32 Å². The van der Waals surface area contributed by atoms with Crippen molar-refractivity contribution in [1.29, 1.82) is 0 Å². The molecule has 2 amide bonds. The highest BCUT2D eigenvalue weighted by Gasteiger charge is 2.10. The van der Waals surface area contributed by atoms with Crippen LogP contribution < -0.4 is 10.6 Å². The van der Waals surface area contributed by atoms with E-state index in [1.54, 1.807) is 48.5 Å². The number of anilines is 1. The van der Waals surface area contributed by atoms with Crippen molar-refractivity contribution < 1.29 is 18.4 Å². The van der Waals surface area contributed by atoms with Gasteiger partial charge in [0.05, 0.1) is 5.69 Å². The lowest BCUT2D eigenvalue weighted by Crippen LogP contribution is -2.22. The van der Waals surface area contributed by atoms with E-state index in [-0.39, 0.29) is 11.6 Å². The van der Waals surface area contributed by atoms with Crippen LogP contribution in [0.4, 0.5) is 14.5 Å². The van der Waals surface area contributed by atoms with E-state index in [0.29, 0.717) is 23.7 Å². The maximum absolute atomic E-state index is 13.6. The highest BCUT2D eigenvalue weighted by Crippen LogP contribution is 2.16. The lowest BCUT2D eigenvalue weighted by Gasteiger charge is -2.08. The molecule has 136 valence electrons. The summed E-state index contributed by atoms with van der Waals surface area (Å²) in [5, 5.41) is 5.19. The van der Waals surface area contributed by atoms with Gasteiger partial charge in [0, 0.05) is 23.7 Å². The van der Waals surface area contributed by atoms with E-state index in [9.17, 15) is 18.4 Å². The summed E-state index contributed by atoms with van der Waals surface area (Å²) in [6, 6.07) is 18.3. The second-order valence-corrected chi connectivity index (χ2v) is 5.82. The summed E-state index contributed by atoms with van der Waals surface area (Å²) >= 11 is 0. The van der Waals surface area contributed by atoms with Gasteiger partial charge >= 0.3 is 0 Å². The van der Waals surface area contributed by atoms with E-state index in [1.807, 2.05) is 6.07 Å². The SMILES string of the molecule is O=C(NCc1ccc(C(=O)Nc2ccc(F)cc2F)cc1)c1ccccc1. The van der Waals surface area contributed by atoms with E-state index in [0.717, 1.165) is 17.7 Å². The van der Waals surface area contributed by atoms with Crippen LogP contribution in [0.3, 0.4) is 0 Å². The van der Waals surface area contributed by atoms with Gasteiger partial charge in [-0.05, 0) is 42.0 Å². The zero-order chi connectivity index (χ0) is 19.2. The minimum Gasteiger partial charge on any atom is -0.348 e. The number of hydrogen-bond acceptors (Lipinski definition) is 2. The Kier molecular flexibility index (Phi) is 5.56. The second-order valence-electron chi connectivity index (χ2n) is 5.82. The Morgan fingerprint density at radius 3 is 2.11 bits per heavy atom. The largest absolute Gasteiger partial charge is 0.348 e. The van der Waals surface area contributed by atoms with Crippen molar-refractivity contribution >= 4 is 17.5 Å². The molecule has 0 atom stereocenters. The van der Waals surface area contributed by atoms with Crippen molar-refractivity contribution in [2.45, 2.75) is 6.54 Å². The van der Waals surface area contributed by atoms with Crippen molar-refractivity contribution in [2.24, 2.45) is 0 Å². The molecule has 0 radical (unpaired) electrons. The average Bonchev–Trinajstić information content (AvgIpc) is 2.69. The van der Waals surface area contributed by atoms with Gasteiger partial charge in [0.2, 0.25) is 0 Å². The van der Waals surface area contributed by atoms with Crippen LogP contribution in [0.1, 0.15) is 26.3 Å². The molecule has 0 spiro atoms. The molecule has 3 aromatic carbocycles. The van der Waals surface area contributed by atoms with E-state index in [2.05, 4.69) is 10.6 Å². The zero-order valence-electron chi connectivity index (χ0n) is 14.2. The first-order chi connectivity index (χ1) is 13.0. The standard InChI is InChI=1S/C21H16F2N2O2/c22-17-10-11-19(18(23)12-17)25-21(27)16-8-6-14(7-9-16)13-24-20(26)15-4-2-1-3-5-15/h1-12H,13H2,(H,24,26)(H,25,27). The second kappa shape index (κ2) is 8.23. The van der Waals surface area contributed by atoms with Gasteiger partial charge < -0.3 is 10.6 Å². The maximum atomic E-state index is 13.6. The average molecular weight is 366 g/mol. The van der Waals surface area contributed by atoms with E-state index < -0.39 is 17.5 Å². The summed E-state index contributed by atoms with van der Waals surface area (Å²) in [5.41, 5.74) is 1.59. The minimum absolute atomic E-state index is 0.0967. The number of halogens is 2. The Hall–Kier alpha value is -3.54. The number of amides is 2. The van der Waals surface area contributed by atoms with Crippen LogP contribution in [-0.2, 0) is 6.54 Å². The fourth-order valence-corrected chi connectivity index (χ4v) is 2.43. The van der Waals surface area contributed by atoms with Crippen LogP contribution in [0, 0.1) is 11.6 Å². The van der Waals surface area contributed by atoms with Crippen molar-refractivity contribution in [3.8, 4) is 0 Å². The van der Waals surface area contributed by atoms with Gasteiger partial charge in [-0.15, -0.1) is 0 Å². The zero-order valence-corrected chi connectivity index (χ0v) is 14.2. The molecule has 4 nitrogen and oxygen atoms in total. The van der Waals surface area contributed by atoms with E-state index in [1.165, 1.54) is 0 Å². The first kappa shape index (κ1) is 18.3. The van der Waals surface area contributed by atoms with Crippen LogP contribution in [-0.4, -0.2) is 11.8 Å². The summed E-state index contributed by atoms with van der Waals surface area (Å²) in [6.45, 7) is 0.308. The number of rotatable bonds is 5. The first-order valence-corrected chi connectivity index (χ1v) is 8.21. The summed E-state index contributed by atoms with van der Waals surface area (Å²) < 4.78 is 26.5. The van der Waals surface area contributed by atoms with Gasteiger partial charge in [0.15, 0.2) is 0 Å². The van der Waals surface area contributed by atoms with Crippen molar-refractivity contribution in [1.82, 2.24) is 5.32 Å². The number of nitrogens with one attached hydrogen (secondary N) is 2. The van der Waals surface area contributed by atoms with Gasteiger partial charge in [0.1, 0.15) is 11.6 Å². The third kappa shape index (κ3) is 4.76. The molecule has 27 heavy (non-hydrogen) atoms. The Labute approximate surface area is 154 Å². The molecular weight excluding hydrogens is 350 g/mol. The summed E-state index contributed by atoms with van der Waals surface area (Å²) in [6.07, 6.45) is 0. The molecule has 0 bridgehead atoms. The Bertz CT molecular complexity index is 958. The Balaban J connectivity index is 1.59. The molecule has 0 aliphatic heterocycles. The predicted molar refractivity (Wildman–Crippen MR) is 98.4 cm³/mol. The Morgan fingerprint density at radius 1 is 0.778 bits per heavy atom. The molecule has 0 saturated heterocycles. The molecule has 2 N–H and O–H groups in total. The minimum atomic E-state index is -0.844. The van der Waals surface area contributed by atoms with Crippen LogP contribution in [0.15, 0.2) is 72.8 Å². The van der Waals surface area contributed by atoms with Crippen LogP contribution in [0.5, 0.6) is 0 Å². The molecule has 0 unspecified atom stereocenters. The number of carbonyl (C=O) groups excluding carboxylic acids is 2. The normalized spacial score (nSPS) is 10.3. The van der Waals surface area contributed by atoms with E-state index >= 15 is 0 Å². The molecule has 0 aromatic heterocycles. The smallest absolute Gasteiger partial charge is 0.255 e. The topological polar surface area (TPSA) is 58.2 Å². The lowest BCUT2D eigenvalue weighted by molar-refractivity contribution is 0.0949. The van der Waals surface area contributed by atoms with Crippen LogP contribution in [0.25, 0.3) is 0 Å². The third-order valence-corrected chi connectivity index (χ3v) is 3.88. The molecule has 0 fully saturated rings. The quantitative estimate of drug-likeness (QED) is 0.713. The van der Waals surface area contributed by atoms with Gasteiger partial charge in [-0.3, -0.25) is 9.59 Å². The number of carbonyl (C=O) groups is 2. The van der Waals surface area contributed by atoms with Crippen molar-refractivity contribution in [3.63, 3.8) is 0 Å². The van der Waals surface area contributed by atoms with Gasteiger partial charge in [-0.1, -0.05) is 30.3 Å². The number of benzene rings is 3. The fraction of sp³-hybridized carbons (Fsp3) is 0.0476. The van der Waals surface area contributed by atoms with Gasteiger partial charge in [-0.25, -0.2) is 8.78 Å². The van der Waals surface area contributed by atoms with Gasteiger partial charge in [0.25, 0.3) is 11.8 Å². The first-order valence-electron chi connectivity index (χ1n) is 8.21. The number of hydrogen-bond donors (Lipinski definition) is 2. The van der Waals surface area contributed by atoms with E-state index in [4.69, 9.17) is 0 Å². The van der Waals surface area contributed by atoms with Gasteiger partial charge in [-0.2, -0.15) is 0 Å². The van der Waals surface area contributed by atoms with Crippen LogP contribution in [0.2, 0.25) is 0 Å². The molecule has 0 heterocycles. The maximum Gasteiger partial charge on any atom is 0.255 e. The summed E-state index contributed by atoms with van der Waals surface area (Å²) in [5.74, 6) is -2.26. The molecule has 0 aliphatic carbocycles. The molecule has 3 aromatic rings. The van der Waals surface area contributed by atoms with Crippen molar-refractivity contribution in [3.05, 3.63) is 101 Å². The molecule has 6 heteroatoms. The highest BCUT2D eigenvalue weighted by atomic mass is 19.1. The molecule has 0 saturated carbocycles. The third-order valence-electron chi connectivity index (χ3n) is 3.88. The molecular formula is C21H16F2N2O2. The summed E-state index contributed by atoms with van der Waals surface area (Å²) in [7, 11) is 0. The predicted octanol–water partition coefficient (Wildman–Crippen LogP) is 4.15. The monoisotopic (exact) mass is 366 g/mol. The highest BCUT2D eigenvalue weighted by molar-refractivity contribution is 6.04. The van der Waals surface area contributed by atoms with Crippen LogP contribution >= 0.6 is 0 Å². The molecule has 0 aliphatic rings. The molecule has 3 rings (SSSR count).